The molecule has 0 atom stereocenters. The summed E-state index contributed by atoms with van der Waals surface area (Å²) in [5, 5.41) is 2.80. The molecule has 2 nitrogen and oxygen atoms in total. The monoisotopic (exact) mass is 238 g/mol. The fourth-order valence-corrected chi connectivity index (χ4v) is 2.28. The number of rotatable bonds is 1. The third-order valence-electron chi connectivity index (χ3n) is 2.18. The van der Waals surface area contributed by atoms with E-state index in [0.717, 1.165) is 10.5 Å². The van der Waals surface area contributed by atoms with E-state index >= 15 is 0 Å². The van der Waals surface area contributed by atoms with E-state index in [1.54, 1.807) is 11.3 Å². The molecule has 78 valence electrons. The van der Waals surface area contributed by atoms with Gasteiger partial charge in [-0.3, -0.25) is 0 Å². The first-order valence-corrected chi connectivity index (χ1v) is 5.84. The number of aryl methyl sites for hydroxylation is 1. The minimum Gasteiger partial charge on any atom is -0.324 e. The van der Waals surface area contributed by atoms with Crippen molar-refractivity contribution in [3.05, 3.63) is 45.2 Å². The van der Waals surface area contributed by atoms with Gasteiger partial charge in [0.1, 0.15) is 0 Å². The van der Waals surface area contributed by atoms with Crippen molar-refractivity contribution in [2.24, 2.45) is 12.0 Å². The van der Waals surface area contributed by atoms with E-state index in [-0.39, 0.29) is 0 Å². The standard InChI is InChI=1S/C11H11ClN2S/c1-8-7-15-11(14(8)2)13-10-5-3-4-9(12)6-10/h3-7H,1-2H3. The highest BCUT2D eigenvalue weighted by Crippen LogP contribution is 2.17. The second-order valence-corrected chi connectivity index (χ2v) is 4.58. The minimum absolute atomic E-state index is 0.715. The first kappa shape index (κ1) is 10.5. The van der Waals surface area contributed by atoms with Crippen LogP contribution in [0.5, 0.6) is 0 Å². The molecule has 1 aromatic carbocycles. The number of aromatic nitrogens is 1. The highest BCUT2D eigenvalue weighted by Gasteiger charge is 1.96. The van der Waals surface area contributed by atoms with Crippen LogP contribution < -0.4 is 4.80 Å². The molecule has 0 amide bonds. The maximum absolute atomic E-state index is 5.89. The Morgan fingerprint density at radius 2 is 2.20 bits per heavy atom. The molecule has 0 aliphatic heterocycles. The van der Waals surface area contributed by atoms with Crippen molar-refractivity contribution in [3.63, 3.8) is 0 Å². The van der Waals surface area contributed by atoms with Crippen molar-refractivity contribution in [1.82, 2.24) is 4.57 Å². The van der Waals surface area contributed by atoms with Crippen LogP contribution in [-0.4, -0.2) is 4.57 Å². The Balaban J connectivity index is 2.51. The number of halogens is 1. The van der Waals surface area contributed by atoms with Gasteiger partial charge in [-0.05, 0) is 25.1 Å². The lowest BCUT2D eigenvalue weighted by Crippen LogP contribution is -2.10. The smallest absolute Gasteiger partial charge is 0.189 e. The Kier molecular flexibility index (Phi) is 2.93. The van der Waals surface area contributed by atoms with Gasteiger partial charge in [-0.2, -0.15) is 0 Å². The van der Waals surface area contributed by atoms with Gasteiger partial charge in [0.05, 0.1) is 5.69 Å². The molecule has 2 rings (SSSR count). The van der Waals surface area contributed by atoms with Gasteiger partial charge in [0.15, 0.2) is 4.80 Å². The molecular formula is C11H11ClN2S. The number of hydrogen-bond donors (Lipinski definition) is 0. The highest BCUT2D eigenvalue weighted by molar-refractivity contribution is 7.07. The van der Waals surface area contributed by atoms with Gasteiger partial charge in [-0.25, -0.2) is 4.99 Å². The number of nitrogens with zero attached hydrogens (tertiary/aromatic N) is 2. The van der Waals surface area contributed by atoms with Crippen molar-refractivity contribution in [2.75, 3.05) is 0 Å². The molecule has 0 unspecified atom stereocenters. The Morgan fingerprint density at radius 3 is 2.80 bits per heavy atom. The topological polar surface area (TPSA) is 17.3 Å². The number of hydrogen-bond acceptors (Lipinski definition) is 2. The first-order valence-electron chi connectivity index (χ1n) is 4.58. The second kappa shape index (κ2) is 4.21. The zero-order valence-electron chi connectivity index (χ0n) is 8.57. The Labute approximate surface area is 97.5 Å². The minimum atomic E-state index is 0.715. The van der Waals surface area contributed by atoms with Crippen LogP contribution >= 0.6 is 22.9 Å². The number of benzene rings is 1. The molecule has 4 heteroatoms. The average Bonchev–Trinajstić information content (AvgIpc) is 2.50. The van der Waals surface area contributed by atoms with Crippen molar-refractivity contribution in [2.45, 2.75) is 6.92 Å². The van der Waals surface area contributed by atoms with Crippen molar-refractivity contribution < 1.29 is 0 Å². The molecule has 0 spiro atoms. The fourth-order valence-electron chi connectivity index (χ4n) is 1.20. The number of thiazole rings is 1. The van der Waals surface area contributed by atoms with E-state index in [1.165, 1.54) is 5.69 Å². The van der Waals surface area contributed by atoms with Crippen LogP contribution in [0.2, 0.25) is 5.02 Å². The quantitative estimate of drug-likeness (QED) is 0.726. The summed E-state index contributed by atoms with van der Waals surface area (Å²) >= 11 is 7.52. The molecule has 2 aromatic rings. The van der Waals surface area contributed by atoms with E-state index in [9.17, 15) is 0 Å². The van der Waals surface area contributed by atoms with Gasteiger partial charge < -0.3 is 4.57 Å². The van der Waals surface area contributed by atoms with Crippen LogP contribution in [-0.2, 0) is 7.05 Å². The van der Waals surface area contributed by atoms with Crippen LogP contribution in [0.4, 0.5) is 5.69 Å². The fraction of sp³-hybridized carbons (Fsp3) is 0.182. The van der Waals surface area contributed by atoms with Gasteiger partial charge in [0.2, 0.25) is 0 Å². The van der Waals surface area contributed by atoms with Gasteiger partial charge in [-0.1, -0.05) is 17.7 Å². The van der Waals surface area contributed by atoms with E-state index in [0.29, 0.717) is 5.02 Å². The molecule has 0 fully saturated rings. The summed E-state index contributed by atoms with van der Waals surface area (Å²) in [7, 11) is 2.01. The summed E-state index contributed by atoms with van der Waals surface area (Å²) in [4.78, 5) is 5.50. The average molecular weight is 239 g/mol. The molecule has 1 aromatic heterocycles. The molecule has 0 saturated heterocycles. The van der Waals surface area contributed by atoms with E-state index in [4.69, 9.17) is 11.6 Å². The van der Waals surface area contributed by atoms with E-state index < -0.39 is 0 Å². The zero-order valence-corrected chi connectivity index (χ0v) is 10.1. The van der Waals surface area contributed by atoms with Gasteiger partial charge in [0, 0.05) is 23.1 Å². The second-order valence-electron chi connectivity index (χ2n) is 3.31. The predicted molar refractivity (Wildman–Crippen MR) is 64.7 cm³/mol. The highest BCUT2D eigenvalue weighted by atomic mass is 35.5. The Morgan fingerprint density at radius 1 is 1.40 bits per heavy atom. The molecular weight excluding hydrogens is 228 g/mol. The molecule has 0 bridgehead atoms. The molecule has 0 saturated carbocycles. The first-order chi connectivity index (χ1) is 7.16. The summed E-state index contributed by atoms with van der Waals surface area (Å²) in [5.41, 5.74) is 2.10. The van der Waals surface area contributed by atoms with Crippen molar-refractivity contribution in [3.8, 4) is 0 Å². The summed E-state index contributed by atoms with van der Waals surface area (Å²) in [6.45, 7) is 2.06. The molecule has 0 aliphatic carbocycles. The maximum Gasteiger partial charge on any atom is 0.189 e. The summed E-state index contributed by atoms with van der Waals surface area (Å²) < 4.78 is 2.06. The van der Waals surface area contributed by atoms with Gasteiger partial charge in [-0.15, -0.1) is 11.3 Å². The molecule has 0 aliphatic rings. The van der Waals surface area contributed by atoms with Crippen LogP contribution in [0.3, 0.4) is 0 Å². The predicted octanol–water partition coefficient (Wildman–Crippen LogP) is 3.28. The Bertz CT molecular complexity index is 540. The molecule has 15 heavy (non-hydrogen) atoms. The summed E-state index contributed by atoms with van der Waals surface area (Å²) in [6, 6.07) is 7.55. The molecule has 1 heterocycles. The van der Waals surface area contributed by atoms with Crippen molar-refractivity contribution in [1.29, 1.82) is 0 Å². The van der Waals surface area contributed by atoms with Crippen LogP contribution in [0, 0.1) is 6.92 Å². The summed E-state index contributed by atoms with van der Waals surface area (Å²) in [5.74, 6) is 0. The zero-order chi connectivity index (χ0) is 10.8. The van der Waals surface area contributed by atoms with Crippen LogP contribution in [0.25, 0.3) is 0 Å². The maximum atomic E-state index is 5.89. The Hall–Kier alpha value is -1.06. The van der Waals surface area contributed by atoms with Crippen molar-refractivity contribution >= 4 is 28.6 Å². The molecule has 0 radical (unpaired) electrons. The third-order valence-corrected chi connectivity index (χ3v) is 3.45. The molecule has 0 N–H and O–H groups in total. The van der Waals surface area contributed by atoms with E-state index in [2.05, 4.69) is 21.9 Å². The van der Waals surface area contributed by atoms with E-state index in [1.807, 2.05) is 31.3 Å². The van der Waals surface area contributed by atoms with Crippen LogP contribution in [0.1, 0.15) is 5.69 Å². The summed E-state index contributed by atoms with van der Waals surface area (Å²) in [6.07, 6.45) is 0. The largest absolute Gasteiger partial charge is 0.324 e. The van der Waals surface area contributed by atoms with Gasteiger partial charge in [0.25, 0.3) is 0 Å². The van der Waals surface area contributed by atoms with Gasteiger partial charge >= 0.3 is 0 Å². The third kappa shape index (κ3) is 2.30. The lowest BCUT2D eigenvalue weighted by molar-refractivity contribution is 0.835. The SMILES string of the molecule is Cc1csc(=Nc2cccc(Cl)c2)n1C. The normalized spacial score (nSPS) is 12.1. The lowest BCUT2D eigenvalue weighted by Gasteiger charge is -1.96. The van der Waals surface area contributed by atoms with Crippen LogP contribution in [0.15, 0.2) is 34.6 Å². The lowest BCUT2D eigenvalue weighted by atomic mass is 10.3.